The normalized spacial score (nSPS) is 22.4. The van der Waals surface area contributed by atoms with Crippen LogP contribution < -0.4 is 5.73 Å². The van der Waals surface area contributed by atoms with Crippen LogP contribution in [0.4, 0.5) is 4.39 Å². The van der Waals surface area contributed by atoms with Gasteiger partial charge in [-0.1, -0.05) is 22.9 Å². The lowest BCUT2D eigenvalue weighted by atomic mass is 10.0. The van der Waals surface area contributed by atoms with Crippen molar-refractivity contribution in [3.05, 3.63) is 34.1 Å². The van der Waals surface area contributed by atoms with E-state index in [0.29, 0.717) is 12.2 Å². The maximum atomic E-state index is 13.9. The Bertz CT molecular complexity index is 428. The van der Waals surface area contributed by atoms with E-state index >= 15 is 0 Å². The molecule has 2 rings (SSSR count). The number of rotatable bonds is 4. The average molecular weight is 331 g/mol. The molecule has 1 saturated heterocycles. The maximum absolute atomic E-state index is 13.9. The molecule has 106 valence electrons. The zero-order chi connectivity index (χ0) is 13.8. The minimum absolute atomic E-state index is 0.149. The Hall–Kier alpha value is -0.490. The Morgan fingerprint density at radius 3 is 3.11 bits per heavy atom. The van der Waals surface area contributed by atoms with Gasteiger partial charge in [0.05, 0.1) is 18.8 Å². The lowest BCUT2D eigenvalue weighted by Gasteiger charge is -2.35. The molecule has 0 bridgehead atoms. The SMILES string of the molecule is CCCN1CCOC(C(N)c2cc(Br)ccc2F)C1. The van der Waals surface area contributed by atoms with Crippen molar-refractivity contribution in [3.8, 4) is 0 Å². The predicted octanol–water partition coefficient (Wildman–Crippen LogP) is 2.70. The van der Waals surface area contributed by atoms with E-state index in [2.05, 4.69) is 27.8 Å². The molecule has 5 heteroatoms. The monoisotopic (exact) mass is 330 g/mol. The van der Waals surface area contributed by atoms with Gasteiger partial charge in [-0.3, -0.25) is 4.90 Å². The summed E-state index contributed by atoms with van der Waals surface area (Å²) in [4.78, 5) is 2.32. The summed E-state index contributed by atoms with van der Waals surface area (Å²) in [5.41, 5.74) is 6.70. The van der Waals surface area contributed by atoms with Crippen LogP contribution in [0.5, 0.6) is 0 Å². The van der Waals surface area contributed by atoms with E-state index in [0.717, 1.165) is 30.5 Å². The quantitative estimate of drug-likeness (QED) is 0.922. The molecule has 0 saturated carbocycles. The molecule has 1 aliphatic heterocycles. The first-order chi connectivity index (χ1) is 9.11. The fraction of sp³-hybridized carbons (Fsp3) is 0.571. The highest BCUT2D eigenvalue weighted by Gasteiger charge is 2.28. The molecule has 0 radical (unpaired) electrons. The minimum atomic E-state index is -0.433. The lowest BCUT2D eigenvalue weighted by Crippen LogP contribution is -2.47. The topological polar surface area (TPSA) is 38.5 Å². The van der Waals surface area contributed by atoms with Gasteiger partial charge < -0.3 is 10.5 Å². The number of nitrogens with zero attached hydrogens (tertiary/aromatic N) is 1. The van der Waals surface area contributed by atoms with Crippen LogP contribution >= 0.6 is 15.9 Å². The zero-order valence-electron chi connectivity index (χ0n) is 11.1. The molecular formula is C14H20BrFN2O. The van der Waals surface area contributed by atoms with Crippen LogP contribution in [0.3, 0.4) is 0 Å². The molecule has 1 aromatic carbocycles. The van der Waals surface area contributed by atoms with Gasteiger partial charge in [-0.2, -0.15) is 0 Å². The summed E-state index contributed by atoms with van der Waals surface area (Å²) < 4.78 is 20.4. The van der Waals surface area contributed by atoms with E-state index in [-0.39, 0.29) is 11.9 Å². The lowest BCUT2D eigenvalue weighted by molar-refractivity contribution is -0.0412. The number of benzene rings is 1. The second kappa shape index (κ2) is 6.79. The number of halogens is 2. The number of hydrogen-bond donors (Lipinski definition) is 1. The fourth-order valence-corrected chi connectivity index (χ4v) is 2.82. The third-order valence-corrected chi connectivity index (χ3v) is 3.93. The van der Waals surface area contributed by atoms with E-state index in [1.54, 1.807) is 12.1 Å². The van der Waals surface area contributed by atoms with Crippen molar-refractivity contribution in [2.75, 3.05) is 26.2 Å². The highest BCUT2D eigenvalue weighted by molar-refractivity contribution is 9.10. The third-order valence-electron chi connectivity index (χ3n) is 3.44. The van der Waals surface area contributed by atoms with E-state index in [4.69, 9.17) is 10.5 Å². The first kappa shape index (κ1) is 14.9. The molecule has 1 aliphatic rings. The molecule has 3 nitrogen and oxygen atoms in total. The molecule has 19 heavy (non-hydrogen) atoms. The van der Waals surface area contributed by atoms with Gasteiger partial charge in [0, 0.05) is 23.1 Å². The van der Waals surface area contributed by atoms with Gasteiger partial charge in [-0.05, 0) is 31.2 Å². The van der Waals surface area contributed by atoms with Gasteiger partial charge in [0.25, 0.3) is 0 Å². The summed E-state index contributed by atoms with van der Waals surface area (Å²) in [6, 6.07) is 4.42. The molecule has 0 aromatic heterocycles. The third kappa shape index (κ3) is 3.75. The summed E-state index contributed by atoms with van der Waals surface area (Å²) in [6.45, 7) is 5.54. The predicted molar refractivity (Wildman–Crippen MR) is 77.5 cm³/mol. The smallest absolute Gasteiger partial charge is 0.128 e. The van der Waals surface area contributed by atoms with Gasteiger partial charge in [-0.25, -0.2) is 4.39 Å². The second-order valence-electron chi connectivity index (χ2n) is 4.90. The van der Waals surface area contributed by atoms with Gasteiger partial charge in [0.15, 0.2) is 0 Å². The van der Waals surface area contributed by atoms with Crippen molar-refractivity contribution in [3.63, 3.8) is 0 Å². The van der Waals surface area contributed by atoms with Crippen LogP contribution in [-0.4, -0.2) is 37.2 Å². The van der Waals surface area contributed by atoms with Gasteiger partial charge >= 0.3 is 0 Å². The van der Waals surface area contributed by atoms with E-state index < -0.39 is 6.04 Å². The highest BCUT2D eigenvalue weighted by Crippen LogP contribution is 2.25. The Kier molecular flexibility index (Phi) is 5.33. The Labute approximate surface area is 122 Å². The van der Waals surface area contributed by atoms with Crippen molar-refractivity contribution < 1.29 is 9.13 Å². The van der Waals surface area contributed by atoms with Crippen molar-refractivity contribution in [2.24, 2.45) is 5.73 Å². The Balaban J connectivity index is 2.10. The summed E-state index contributed by atoms with van der Waals surface area (Å²) in [5, 5.41) is 0. The Morgan fingerprint density at radius 1 is 1.58 bits per heavy atom. The number of ether oxygens (including phenoxy) is 1. The fourth-order valence-electron chi connectivity index (χ4n) is 2.44. The van der Waals surface area contributed by atoms with E-state index in [9.17, 15) is 4.39 Å². The largest absolute Gasteiger partial charge is 0.374 e. The first-order valence-electron chi connectivity index (χ1n) is 6.66. The van der Waals surface area contributed by atoms with Gasteiger partial charge in [0.1, 0.15) is 5.82 Å². The van der Waals surface area contributed by atoms with Crippen molar-refractivity contribution in [1.29, 1.82) is 0 Å². The number of morpholine rings is 1. The van der Waals surface area contributed by atoms with Crippen LogP contribution in [0, 0.1) is 5.82 Å². The Morgan fingerprint density at radius 2 is 2.37 bits per heavy atom. The minimum Gasteiger partial charge on any atom is -0.374 e. The summed E-state index contributed by atoms with van der Waals surface area (Å²) in [7, 11) is 0. The molecule has 0 spiro atoms. The zero-order valence-corrected chi connectivity index (χ0v) is 12.7. The average Bonchev–Trinajstić information content (AvgIpc) is 2.41. The summed E-state index contributed by atoms with van der Waals surface area (Å²) in [6.07, 6.45) is 0.955. The molecule has 2 N–H and O–H groups in total. The van der Waals surface area contributed by atoms with Crippen molar-refractivity contribution in [1.82, 2.24) is 4.90 Å². The van der Waals surface area contributed by atoms with Crippen LogP contribution in [-0.2, 0) is 4.74 Å². The molecule has 1 aromatic rings. The molecular weight excluding hydrogens is 311 g/mol. The number of hydrogen-bond acceptors (Lipinski definition) is 3. The standard InChI is InChI=1S/C14H20BrFN2O/c1-2-5-18-6-7-19-13(9-18)14(17)11-8-10(15)3-4-12(11)16/h3-4,8,13-14H,2,5-7,9,17H2,1H3. The maximum Gasteiger partial charge on any atom is 0.128 e. The number of nitrogens with two attached hydrogens (primary N) is 1. The summed E-state index contributed by atoms with van der Waals surface area (Å²) >= 11 is 3.35. The van der Waals surface area contributed by atoms with Gasteiger partial charge in [-0.15, -0.1) is 0 Å². The van der Waals surface area contributed by atoms with Crippen LogP contribution in [0.15, 0.2) is 22.7 Å². The summed E-state index contributed by atoms with van der Waals surface area (Å²) in [5.74, 6) is -0.271. The molecule has 2 atom stereocenters. The molecule has 1 heterocycles. The van der Waals surface area contributed by atoms with Crippen molar-refractivity contribution >= 4 is 15.9 Å². The molecule has 1 fully saturated rings. The van der Waals surface area contributed by atoms with Crippen molar-refractivity contribution in [2.45, 2.75) is 25.5 Å². The molecule has 0 aliphatic carbocycles. The van der Waals surface area contributed by atoms with Crippen LogP contribution in [0.25, 0.3) is 0 Å². The van der Waals surface area contributed by atoms with Crippen LogP contribution in [0.1, 0.15) is 24.9 Å². The van der Waals surface area contributed by atoms with Crippen LogP contribution in [0.2, 0.25) is 0 Å². The molecule has 2 unspecified atom stereocenters. The van der Waals surface area contributed by atoms with E-state index in [1.807, 2.05) is 0 Å². The van der Waals surface area contributed by atoms with E-state index in [1.165, 1.54) is 6.07 Å². The highest BCUT2D eigenvalue weighted by atomic mass is 79.9. The first-order valence-corrected chi connectivity index (χ1v) is 7.45. The molecule has 0 amide bonds. The van der Waals surface area contributed by atoms with Gasteiger partial charge in [0.2, 0.25) is 0 Å². The second-order valence-corrected chi connectivity index (χ2v) is 5.82.